The molecule has 0 amide bonds. The summed E-state index contributed by atoms with van der Waals surface area (Å²) in [6, 6.07) is 0.335. The average Bonchev–Trinajstić information content (AvgIpc) is 2.13. The molecule has 0 aliphatic carbocycles. The number of aliphatic hydroxyl groups is 1. The zero-order valence-corrected chi connectivity index (χ0v) is 6.00. The fraction of sp³-hybridized carbons (Fsp3) is 1.00. The Morgan fingerprint density at radius 1 is 1.78 bits per heavy atom. The third kappa shape index (κ3) is 1.46. The van der Waals surface area contributed by atoms with Crippen molar-refractivity contribution in [3.05, 3.63) is 0 Å². The highest BCUT2D eigenvalue weighted by atomic mass is 16.5. The minimum Gasteiger partial charge on any atom is -0.394 e. The van der Waals surface area contributed by atoms with Crippen LogP contribution in [0.3, 0.4) is 0 Å². The lowest BCUT2D eigenvalue weighted by Crippen LogP contribution is -2.15. The predicted molar refractivity (Wildman–Crippen MR) is 38.1 cm³/mol. The van der Waals surface area contributed by atoms with E-state index in [4.69, 9.17) is 9.84 Å². The third-order valence-electron chi connectivity index (χ3n) is 2.05. The van der Waals surface area contributed by atoms with Crippen LogP contribution < -0.4 is 0 Å². The maximum absolute atomic E-state index is 8.68. The lowest BCUT2D eigenvalue weighted by Gasteiger charge is -2.06. The van der Waals surface area contributed by atoms with Crippen LogP contribution >= 0.6 is 0 Å². The molecule has 0 bridgehead atoms. The van der Waals surface area contributed by atoms with Gasteiger partial charge in [-0.15, -0.1) is 0 Å². The summed E-state index contributed by atoms with van der Waals surface area (Å²) in [4.78, 5) is 0. The summed E-state index contributed by atoms with van der Waals surface area (Å²) in [7, 11) is 2.06. The van der Waals surface area contributed by atoms with Gasteiger partial charge in [0.2, 0.25) is 0 Å². The lowest BCUT2D eigenvalue weighted by molar-refractivity contribution is 0.0405. The summed E-state index contributed by atoms with van der Waals surface area (Å²) >= 11 is 0. The lowest BCUT2D eigenvalue weighted by atomic mass is 9.88. The molecule has 3 heteroatoms. The number of ether oxygens (including phenoxy) is 1. The number of hydrogen-bond acceptors (Lipinski definition) is 2. The molecule has 52 valence electrons. The van der Waals surface area contributed by atoms with Crippen LogP contribution in [-0.4, -0.2) is 31.7 Å². The fourth-order valence-corrected chi connectivity index (χ4v) is 1.22. The van der Waals surface area contributed by atoms with E-state index in [1.165, 1.54) is 0 Å². The molecular weight excluding hydrogens is 115 g/mol. The van der Waals surface area contributed by atoms with Crippen molar-refractivity contribution in [3.8, 4) is 0 Å². The first-order chi connectivity index (χ1) is 4.24. The van der Waals surface area contributed by atoms with E-state index in [1.807, 2.05) is 0 Å². The normalized spacial score (nSPS) is 43.6. The molecule has 1 rings (SSSR count). The quantitative estimate of drug-likeness (QED) is 0.476. The van der Waals surface area contributed by atoms with Crippen LogP contribution in [0, 0.1) is 5.92 Å². The topological polar surface area (TPSA) is 29.5 Å². The van der Waals surface area contributed by atoms with Crippen LogP contribution in [0.25, 0.3) is 0 Å². The van der Waals surface area contributed by atoms with Crippen LogP contribution in [0.2, 0.25) is 0 Å². The van der Waals surface area contributed by atoms with Crippen molar-refractivity contribution in [3.63, 3.8) is 0 Å². The Kier molecular flexibility index (Phi) is 2.14. The van der Waals surface area contributed by atoms with Crippen LogP contribution in [0.5, 0.6) is 0 Å². The van der Waals surface area contributed by atoms with Gasteiger partial charge >= 0.3 is 0 Å². The average molecular weight is 128 g/mol. The summed E-state index contributed by atoms with van der Waals surface area (Å²) in [5, 5.41) is 8.68. The minimum absolute atomic E-state index is 0.106. The first-order valence-corrected chi connectivity index (χ1v) is 3.50. The summed E-state index contributed by atoms with van der Waals surface area (Å²) in [6.07, 6.45) is 1.12. The molecule has 0 saturated carbocycles. The van der Waals surface area contributed by atoms with Gasteiger partial charge in [0.15, 0.2) is 0 Å². The Hall–Kier alpha value is -0.0151. The van der Waals surface area contributed by atoms with E-state index in [9.17, 15) is 0 Å². The van der Waals surface area contributed by atoms with Gasteiger partial charge in [0.05, 0.1) is 12.7 Å². The molecule has 1 fully saturated rings. The van der Waals surface area contributed by atoms with Gasteiger partial charge in [0.1, 0.15) is 7.85 Å². The van der Waals surface area contributed by atoms with Crippen LogP contribution in [0.4, 0.5) is 0 Å². The zero-order chi connectivity index (χ0) is 6.85. The molecule has 2 nitrogen and oxygen atoms in total. The standard InChI is InChI=1S/C6H13BO2/c1-4-2-5(3-8)9-6(4)7/h4-6,8H,2-3,7H2,1H3/t4?,5-,6+/m0/s1. The van der Waals surface area contributed by atoms with E-state index in [2.05, 4.69) is 14.8 Å². The van der Waals surface area contributed by atoms with Crippen molar-refractivity contribution in [2.24, 2.45) is 5.92 Å². The summed E-state index contributed by atoms with van der Waals surface area (Å²) in [5.41, 5.74) is 0. The Morgan fingerprint density at radius 3 is 2.67 bits per heavy atom. The van der Waals surface area contributed by atoms with Gasteiger partial charge in [-0.05, 0) is 12.3 Å². The predicted octanol–water partition coefficient (Wildman–Crippen LogP) is -0.637. The van der Waals surface area contributed by atoms with Crippen molar-refractivity contribution < 1.29 is 9.84 Å². The molecular formula is C6H13BO2. The van der Waals surface area contributed by atoms with Gasteiger partial charge in [-0.2, -0.15) is 0 Å². The molecule has 3 atom stereocenters. The first kappa shape index (κ1) is 7.10. The zero-order valence-electron chi connectivity index (χ0n) is 6.00. The van der Waals surface area contributed by atoms with E-state index in [0.717, 1.165) is 6.42 Å². The highest BCUT2D eigenvalue weighted by molar-refractivity contribution is 6.11. The van der Waals surface area contributed by atoms with Gasteiger partial charge in [0, 0.05) is 6.00 Å². The van der Waals surface area contributed by atoms with Gasteiger partial charge in [0.25, 0.3) is 0 Å². The third-order valence-corrected chi connectivity index (χ3v) is 2.05. The molecule has 1 unspecified atom stereocenters. The molecule has 0 aromatic carbocycles. The molecule has 1 N–H and O–H groups in total. The number of aliphatic hydroxyl groups excluding tert-OH is 1. The molecule has 1 aliphatic rings. The molecule has 0 aromatic heterocycles. The van der Waals surface area contributed by atoms with Crippen molar-refractivity contribution in [2.45, 2.75) is 25.5 Å². The van der Waals surface area contributed by atoms with E-state index in [1.54, 1.807) is 0 Å². The first-order valence-electron chi connectivity index (χ1n) is 3.50. The Bertz CT molecular complexity index is 87.1. The molecule has 1 aliphatic heterocycles. The van der Waals surface area contributed by atoms with Crippen molar-refractivity contribution in [1.82, 2.24) is 0 Å². The smallest absolute Gasteiger partial charge is 0.139 e. The fourth-order valence-electron chi connectivity index (χ4n) is 1.22. The summed E-state index contributed by atoms with van der Waals surface area (Å²) in [5.74, 6) is 0.613. The largest absolute Gasteiger partial charge is 0.394 e. The molecule has 0 aromatic rings. The summed E-state index contributed by atoms with van der Waals surface area (Å²) < 4.78 is 5.37. The maximum Gasteiger partial charge on any atom is 0.139 e. The highest BCUT2D eigenvalue weighted by Gasteiger charge is 2.27. The second-order valence-electron chi connectivity index (χ2n) is 2.86. The van der Waals surface area contributed by atoms with Crippen LogP contribution in [-0.2, 0) is 4.74 Å². The Morgan fingerprint density at radius 2 is 2.44 bits per heavy atom. The molecule has 0 radical (unpaired) electrons. The van der Waals surface area contributed by atoms with Gasteiger partial charge in [-0.3, -0.25) is 0 Å². The second-order valence-corrected chi connectivity index (χ2v) is 2.86. The van der Waals surface area contributed by atoms with Crippen molar-refractivity contribution >= 4 is 7.85 Å². The summed E-state index contributed by atoms with van der Waals surface area (Å²) in [6.45, 7) is 2.33. The second kappa shape index (κ2) is 2.71. The Balaban J connectivity index is 2.35. The van der Waals surface area contributed by atoms with E-state index in [0.29, 0.717) is 11.9 Å². The molecule has 9 heavy (non-hydrogen) atoms. The van der Waals surface area contributed by atoms with Gasteiger partial charge < -0.3 is 9.84 Å². The van der Waals surface area contributed by atoms with E-state index in [-0.39, 0.29) is 12.7 Å². The minimum atomic E-state index is 0.106. The number of hydrogen-bond donors (Lipinski definition) is 1. The van der Waals surface area contributed by atoms with E-state index >= 15 is 0 Å². The van der Waals surface area contributed by atoms with Gasteiger partial charge in [-0.1, -0.05) is 6.92 Å². The Labute approximate surface area is 56.6 Å². The monoisotopic (exact) mass is 128 g/mol. The van der Waals surface area contributed by atoms with Crippen LogP contribution in [0.1, 0.15) is 13.3 Å². The number of rotatable bonds is 1. The molecule has 0 spiro atoms. The van der Waals surface area contributed by atoms with Gasteiger partial charge in [-0.25, -0.2) is 0 Å². The highest BCUT2D eigenvalue weighted by Crippen LogP contribution is 2.23. The maximum atomic E-state index is 8.68. The van der Waals surface area contributed by atoms with Crippen LogP contribution in [0.15, 0.2) is 0 Å². The molecule has 1 saturated heterocycles. The van der Waals surface area contributed by atoms with E-state index < -0.39 is 0 Å². The van der Waals surface area contributed by atoms with Crippen molar-refractivity contribution in [1.29, 1.82) is 0 Å². The molecule has 1 heterocycles. The SMILES string of the molecule is B[C@@H]1O[C@H](CO)CC1C. The van der Waals surface area contributed by atoms with Crippen molar-refractivity contribution in [2.75, 3.05) is 6.61 Å².